The second kappa shape index (κ2) is 17.4. The minimum atomic E-state index is -0.797. The van der Waals surface area contributed by atoms with E-state index in [0.29, 0.717) is 71.2 Å². The lowest BCUT2D eigenvalue weighted by molar-refractivity contribution is -0.136. The fourth-order valence-electron chi connectivity index (χ4n) is 8.86. The van der Waals surface area contributed by atoms with Gasteiger partial charge in [0.15, 0.2) is 0 Å². The number of carbonyl (C=O) groups is 4. The standard InChI is InChI=1S/C42H48Cl2N8O8/c1-57-15-13-27(45-41(55)59-3)39(53)51-29-17-25(29)19-31(51)37-47-33(35(43)49-37)23-9-5-21(6-10-23)22-7-11-24(12-8-22)34-36(44)50-38(48-34)32-20-26-18-30(26)52(32)40(54)28(14-16-58-2)46-42(56)60-4/h5-12,25-32H,13-20H2,1-4H3,(H,45,55)(H,46,56)(H,47,49)(H,48,50)/t25-,26-,27+,28+,29-,30-,31+,32+/m1/s1. The number of carbonyl (C=O) groups excluding carboxylic acids is 4. The van der Waals surface area contributed by atoms with Crippen LogP contribution in [-0.4, -0.2) is 120 Å². The van der Waals surface area contributed by atoms with Gasteiger partial charge < -0.3 is 49.3 Å². The number of hydrogen-bond donors (Lipinski definition) is 4. The number of likely N-dealkylation sites (tertiary alicyclic amines) is 2. The van der Waals surface area contributed by atoms with Crippen molar-refractivity contribution < 1.29 is 38.1 Å². The van der Waals surface area contributed by atoms with Crippen LogP contribution < -0.4 is 10.6 Å². The number of halogens is 2. The zero-order valence-corrected chi connectivity index (χ0v) is 35.2. The molecule has 2 aromatic carbocycles. The van der Waals surface area contributed by atoms with Gasteiger partial charge >= 0.3 is 12.2 Å². The molecule has 4 aliphatic rings. The highest BCUT2D eigenvalue weighted by Crippen LogP contribution is 2.55. The van der Waals surface area contributed by atoms with Gasteiger partial charge in [-0.2, -0.15) is 0 Å². The number of aromatic amines is 2. The minimum Gasteiger partial charge on any atom is -0.453 e. The molecule has 0 unspecified atom stereocenters. The van der Waals surface area contributed by atoms with Crippen LogP contribution in [0.5, 0.6) is 0 Å². The molecule has 8 rings (SSSR count). The summed E-state index contributed by atoms with van der Waals surface area (Å²) >= 11 is 13.5. The third-order valence-corrected chi connectivity index (χ3v) is 12.7. The number of hydrogen-bond acceptors (Lipinski definition) is 10. The number of rotatable bonds is 15. The van der Waals surface area contributed by atoms with Crippen molar-refractivity contribution in [2.24, 2.45) is 11.8 Å². The molecule has 2 aliphatic heterocycles. The number of amides is 4. The molecular weight excluding hydrogens is 815 g/mol. The lowest BCUT2D eigenvalue weighted by Gasteiger charge is -2.30. The molecule has 4 heterocycles. The maximum absolute atomic E-state index is 13.8. The topological polar surface area (TPSA) is 193 Å². The van der Waals surface area contributed by atoms with Crippen LogP contribution >= 0.6 is 23.2 Å². The maximum Gasteiger partial charge on any atom is 0.407 e. The maximum atomic E-state index is 13.8. The number of alkyl carbamates (subject to hydrolysis) is 2. The third kappa shape index (κ3) is 8.29. The number of aromatic nitrogens is 4. The molecule has 0 spiro atoms. The van der Waals surface area contributed by atoms with Crippen LogP contribution in [0.3, 0.4) is 0 Å². The Hall–Kier alpha value is -5.16. The van der Waals surface area contributed by atoms with E-state index < -0.39 is 24.3 Å². The number of nitrogens with one attached hydrogen (secondary N) is 4. The predicted molar refractivity (Wildman–Crippen MR) is 221 cm³/mol. The van der Waals surface area contributed by atoms with Gasteiger partial charge in [-0.15, -0.1) is 0 Å². The highest BCUT2D eigenvalue weighted by atomic mass is 35.5. The molecule has 2 aromatic heterocycles. The van der Waals surface area contributed by atoms with E-state index in [-0.39, 0.29) is 36.0 Å². The Balaban J connectivity index is 0.953. The Morgan fingerprint density at radius 3 is 1.35 bits per heavy atom. The van der Waals surface area contributed by atoms with Gasteiger partial charge in [0.2, 0.25) is 11.8 Å². The first kappa shape index (κ1) is 41.6. The van der Waals surface area contributed by atoms with Crippen LogP contribution in [0.1, 0.15) is 62.3 Å². The Labute approximate surface area is 357 Å². The first-order valence-corrected chi connectivity index (χ1v) is 20.8. The van der Waals surface area contributed by atoms with E-state index in [2.05, 4.69) is 20.6 Å². The molecule has 4 aromatic rings. The Morgan fingerprint density at radius 2 is 1.00 bits per heavy atom. The van der Waals surface area contributed by atoms with Crippen molar-refractivity contribution in [1.29, 1.82) is 0 Å². The van der Waals surface area contributed by atoms with Crippen molar-refractivity contribution in [3.8, 4) is 33.6 Å². The number of nitrogens with zero attached hydrogens (tertiary/aromatic N) is 4. The molecule has 16 nitrogen and oxygen atoms in total. The number of benzene rings is 2. The minimum absolute atomic E-state index is 0.0811. The van der Waals surface area contributed by atoms with Crippen molar-refractivity contribution >= 4 is 47.2 Å². The number of H-pyrrole nitrogens is 2. The van der Waals surface area contributed by atoms with Gasteiger partial charge in [0.1, 0.15) is 45.4 Å². The van der Waals surface area contributed by atoms with Gasteiger partial charge in [0.25, 0.3) is 0 Å². The molecule has 2 saturated heterocycles. The highest BCUT2D eigenvalue weighted by Gasteiger charge is 2.57. The SMILES string of the molecule is COCC[C@H](NC(=O)OC)C(=O)N1[C@@H]2C[C@@H]2C[C@H]1c1nc(-c2ccc(-c3ccc(-c4nc([C@@H]5C[C@H]6C[C@H]6N5C(=O)[C@H](CCOC)NC(=O)OC)[nH]c4Cl)cc3)cc2)c(Cl)[nH]1. The van der Waals surface area contributed by atoms with E-state index >= 15 is 0 Å². The summed E-state index contributed by atoms with van der Waals surface area (Å²) < 4.78 is 20.0. The van der Waals surface area contributed by atoms with Crippen LogP contribution in [0, 0.1) is 11.8 Å². The Kier molecular flexibility index (Phi) is 12.1. The van der Waals surface area contributed by atoms with Crippen molar-refractivity contribution in [3.05, 3.63) is 70.5 Å². The number of fused-ring (bicyclic) bond motifs is 2. The molecule has 0 bridgehead atoms. The van der Waals surface area contributed by atoms with Crippen LogP contribution in [0.4, 0.5) is 9.59 Å². The van der Waals surface area contributed by atoms with Crippen molar-refractivity contribution in [2.45, 2.75) is 74.8 Å². The van der Waals surface area contributed by atoms with Gasteiger partial charge in [-0.25, -0.2) is 19.6 Å². The zero-order valence-electron chi connectivity index (χ0n) is 33.7. The molecule has 60 heavy (non-hydrogen) atoms. The molecule has 2 aliphatic carbocycles. The molecule has 18 heteroatoms. The number of piperidine rings is 2. The van der Waals surface area contributed by atoms with Crippen molar-refractivity contribution in [2.75, 3.05) is 41.7 Å². The second-order valence-corrected chi connectivity index (χ2v) is 16.5. The smallest absolute Gasteiger partial charge is 0.407 e. The van der Waals surface area contributed by atoms with Crippen LogP contribution in [-0.2, 0) is 28.5 Å². The number of ether oxygens (including phenoxy) is 4. The largest absolute Gasteiger partial charge is 0.453 e. The third-order valence-electron chi connectivity index (χ3n) is 12.1. The second-order valence-electron chi connectivity index (χ2n) is 15.8. The van der Waals surface area contributed by atoms with E-state index in [1.54, 1.807) is 14.2 Å². The highest BCUT2D eigenvalue weighted by molar-refractivity contribution is 6.32. The van der Waals surface area contributed by atoms with Gasteiger partial charge in [0, 0.05) is 63.5 Å². The monoisotopic (exact) mass is 862 g/mol. The Bertz CT molecular complexity index is 2080. The lowest BCUT2D eigenvalue weighted by atomic mass is 10.0. The van der Waals surface area contributed by atoms with Crippen LogP contribution in [0.2, 0.25) is 10.3 Å². The summed E-state index contributed by atoms with van der Waals surface area (Å²) in [5.74, 6) is 1.54. The summed E-state index contributed by atoms with van der Waals surface area (Å²) in [7, 11) is 5.63. The van der Waals surface area contributed by atoms with Gasteiger partial charge in [0.05, 0.1) is 26.3 Å². The number of imidazole rings is 2. The van der Waals surface area contributed by atoms with Crippen LogP contribution in [0.15, 0.2) is 48.5 Å². The molecule has 2 saturated carbocycles. The van der Waals surface area contributed by atoms with Crippen LogP contribution in [0.25, 0.3) is 33.6 Å². The lowest BCUT2D eigenvalue weighted by Crippen LogP contribution is -2.50. The summed E-state index contributed by atoms with van der Waals surface area (Å²) in [5.41, 5.74) is 4.74. The van der Waals surface area contributed by atoms with Gasteiger partial charge in [-0.05, 0) is 48.6 Å². The van der Waals surface area contributed by atoms with E-state index in [1.165, 1.54) is 14.2 Å². The fourth-order valence-corrected chi connectivity index (χ4v) is 9.36. The summed E-state index contributed by atoms with van der Waals surface area (Å²) in [6.45, 7) is 0.594. The van der Waals surface area contributed by atoms with E-state index in [0.717, 1.165) is 47.9 Å². The van der Waals surface area contributed by atoms with E-state index in [9.17, 15) is 19.2 Å². The molecule has 4 amide bonds. The summed E-state index contributed by atoms with van der Waals surface area (Å²) in [6, 6.07) is 13.8. The summed E-state index contributed by atoms with van der Waals surface area (Å²) in [5, 5.41) is 6.09. The van der Waals surface area contributed by atoms with Gasteiger partial charge in [-0.1, -0.05) is 71.7 Å². The van der Waals surface area contributed by atoms with Crippen molar-refractivity contribution in [3.63, 3.8) is 0 Å². The van der Waals surface area contributed by atoms with Gasteiger partial charge in [-0.3, -0.25) is 9.59 Å². The molecule has 0 radical (unpaired) electrons. The quantitative estimate of drug-likeness (QED) is 0.106. The fraction of sp³-hybridized carbons (Fsp3) is 0.476. The van der Waals surface area contributed by atoms with E-state index in [1.807, 2.05) is 58.3 Å². The first-order valence-electron chi connectivity index (χ1n) is 20.1. The van der Waals surface area contributed by atoms with E-state index in [4.69, 9.17) is 52.1 Å². The zero-order chi connectivity index (χ0) is 42.2. The van der Waals surface area contributed by atoms with Crippen molar-refractivity contribution in [1.82, 2.24) is 40.4 Å². The predicted octanol–water partition coefficient (Wildman–Crippen LogP) is 6.29. The molecule has 4 fully saturated rings. The normalized spacial score (nSPS) is 23.4. The average Bonchev–Trinajstić information content (AvgIpc) is 3.97. The first-order chi connectivity index (χ1) is 29.0. The Morgan fingerprint density at radius 1 is 0.633 bits per heavy atom. The molecule has 8 atom stereocenters. The average molecular weight is 864 g/mol. The molecule has 4 N–H and O–H groups in total. The summed E-state index contributed by atoms with van der Waals surface area (Å²) in [4.78, 5) is 71.8. The number of methoxy groups -OCH3 is 4. The molecule has 318 valence electrons. The molecular formula is C42H48Cl2N8O8. The summed E-state index contributed by atoms with van der Waals surface area (Å²) in [6.07, 6.45) is 2.59.